The van der Waals surface area contributed by atoms with Crippen LogP contribution in [0.5, 0.6) is 5.75 Å². The lowest BCUT2D eigenvalue weighted by atomic mass is 10.3. The molecule has 0 radical (unpaired) electrons. The molecule has 0 saturated carbocycles. The predicted molar refractivity (Wildman–Crippen MR) is 83.2 cm³/mol. The minimum atomic E-state index is -0.490. The van der Waals surface area contributed by atoms with Crippen LogP contribution in [0.2, 0.25) is 0 Å². The van der Waals surface area contributed by atoms with Crippen LogP contribution in [0.3, 0.4) is 0 Å². The second-order valence-electron chi connectivity index (χ2n) is 4.44. The number of benzene rings is 2. The number of carbonyl (C=O) groups is 1. The first-order chi connectivity index (χ1) is 10.6. The van der Waals surface area contributed by atoms with E-state index in [9.17, 15) is 14.9 Å². The number of carbonyl (C=O) groups excluding carboxylic acids is 1. The summed E-state index contributed by atoms with van der Waals surface area (Å²) in [4.78, 5) is 21.9. The van der Waals surface area contributed by atoms with Gasteiger partial charge in [-0.05, 0) is 24.3 Å². The number of anilines is 2. The zero-order valence-corrected chi connectivity index (χ0v) is 11.9. The number of hydrogen-bond acceptors (Lipinski definition) is 5. The molecule has 7 heteroatoms. The lowest BCUT2D eigenvalue weighted by Crippen LogP contribution is -2.21. The topological polar surface area (TPSA) is 93.5 Å². The number of hydrogen-bond donors (Lipinski definition) is 2. The fourth-order valence-electron chi connectivity index (χ4n) is 1.79. The summed E-state index contributed by atoms with van der Waals surface area (Å²) in [6.45, 7) is 0.0736. The van der Waals surface area contributed by atoms with Crippen molar-refractivity contribution in [2.45, 2.75) is 0 Å². The monoisotopic (exact) mass is 301 g/mol. The lowest BCUT2D eigenvalue weighted by Gasteiger charge is -2.08. The first-order valence-electron chi connectivity index (χ1n) is 6.51. The number of nitrogens with one attached hydrogen (secondary N) is 2. The van der Waals surface area contributed by atoms with Crippen LogP contribution in [-0.2, 0) is 4.79 Å². The van der Waals surface area contributed by atoms with E-state index in [0.717, 1.165) is 5.69 Å². The van der Waals surface area contributed by atoms with E-state index in [-0.39, 0.29) is 18.1 Å². The molecular weight excluding hydrogens is 286 g/mol. The first-order valence-corrected chi connectivity index (χ1v) is 6.51. The van der Waals surface area contributed by atoms with Crippen molar-refractivity contribution in [3.8, 4) is 5.75 Å². The van der Waals surface area contributed by atoms with E-state index >= 15 is 0 Å². The number of methoxy groups -OCH3 is 1. The second-order valence-corrected chi connectivity index (χ2v) is 4.44. The highest BCUT2D eigenvalue weighted by Crippen LogP contribution is 2.17. The zero-order chi connectivity index (χ0) is 15.9. The highest BCUT2D eigenvalue weighted by molar-refractivity contribution is 5.93. The van der Waals surface area contributed by atoms with Gasteiger partial charge in [0.2, 0.25) is 5.91 Å². The molecule has 0 fully saturated rings. The fraction of sp³-hybridized carbons (Fsp3) is 0.133. The normalized spacial score (nSPS) is 9.86. The quantitative estimate of drug-likeness (QED) is 0.632. The first kappa shape index (κ1) is 15.3. The van der Waals surface area contributed by atoms with Crippen molar-refractivity contribution in [3.63, 3.8) is 0 Å². The Hall–Kier alpha value is -3.09. The van der Waals surface area contributed by atoms with Gasteiger partial charge in [-0.1, -0.05) is 6.07 Å². The minimum Gasteiger partial charge on any atom is -0.497 e. The summed E-state index contributed by atoms with van der Waals surface area (Å²) in [5.74, 6) is 0.442. The van der Waals surface area contributed by atoms with Crippen molar-refractivity contribution in [3.05, 3.63) is 58.6 Å². The fourth-order valence-corrected chi connectivity index (χ4v) is 1.79. The average molecular weight is 301 g/mol. The predicted octanol–water partition coefficient (Wildman–Crippen LogP) is 2.65. The summed E-state index contributed by atoms with van der Waals surface area (Å²) < 4.78 is 5.09. The van der Waals surface area contributed by atoms with E-state index in [0.29, 0.717) is 11.4 Å². The van der Waals surface area contributed by atoms with Gasteiger partial charge in [-0.25, -0.2) is 0 Å². The molecule has 0 aromatic heterocycles. The van der Waals surface area contributed by atoms with Gasteiger partial charge in [-0.3, -0.25) is 14.9 Å². The molecule has 0 aliphatic rings. The second kappa shape index (κ2) is 7.07. The van der Waals surface area contributed by atoms with Crippen LogP contribution in [0.1, 0.15) is 0 Å². The summed E-state index contributed by atoms with van der Waals surface area (Å²) in [5, 5.41) is 16.2. The van der Waals surface area contributed by atoms with E-state index in [1.807, 2.05) is 18.2 Å². The number of nitro groups is 1. The number of rotatable bonds is 6. The molecular formula is C15H15N3O4. The Morgan fingerprint density at radius 3 is 2.55 bits per heavy atom. The molecule has 0 atom stereocenters. The minimum absolute atomic E-state index is 0.0208. The Morgan fingerprint density at radius 2 is 1.91 bits per heavy atom. The summed E-state index contributed by atoms with van der Waals surface area (Å²) in [6, 6.07) is 12.9. The number of non-ortho nitro benzene ring substituents is 1. The van der Waals surface area contributed by atoms with Gasteiger partial charge in [-0.15, -0.1) is 0 Å². The molecule has 0 aliphatic carbocycles. The lowest BCUT2D eigenvalue weighted by molar-refractivity contribution is -0.384. The van der Waals surface area contributed by atoms with Crippen LogP contribution in [-0.4, -0.2) is 24.5 Å². The smallest absolute Gasteiger partial charge is 0.269 e. The maximum absolute atomic E-state index is 11.8. The van der Waals surface area contributed by atoms with Crippen LogP contribution in [0, 0.1) is 10.1 Å². The van der Waals surface area contributed by atoms with Gasteiger partial charge in [0.15, 0.2) is 0 Å². The Balaban J connectivity index is 1.88. The van der Waals surface area contributed by atoms with E-state index in [2.05, 4.69) is 10.6 Å². The number of nitrogens with zero attached hydrogens (tertiary/aromatic N) is 1. The molecule has 22 heavy (non-hydrogen) atoms. The van der Waals surface area contributed by atoms with Crippen molar-refractivity contribution in [1.29, 1.82) is 0 Å². The van der Waals surface area contributed by atoms with Gasteiger partial charge in [-0.2, -0.15) is 0 Å². The summed E-state index contributed by atoms with van der Waals surface area (Å²) in [6.07, 6.45) is 0. The maximum atomic E-state index is 11.8. The zero-order valence-electron chi connectivity index (χ0n) is 11.9. The third-order valence-electron chi connectivity index (χ3n) is 2.88. The Morgan fingerprint density at radius 1 is 1.18 bits per heavy atom. The largest absolute Gasteiger partial charge is 0.497 e. The molecule has 0 bridgehead atoms. The SMILES string of the molecule is COc1cccc(NCC(=O)Nc2ccc([N+](=O)[O-])cc2)c1. The van der Waals surface area contributed by atoms with Gasteiger partial charge in [0.25, 0.3) is 5.69 Å². The van der Waals surface area contributed by atoms with E-state index < -0.39 is 4.92 Å². The summed E-state index contributed by atoms with van der Waals surface area (Å²) >= 11 is 0. The van der Waals surface area contributed by atoms with Crippen LogP contribution >= 0.6 is 0 Å². The third kappa shape index (κ3) is 4.20. The van der Waals surface area contributed by atoms with Crippen molar-refractivity contribution in [2.24, 2.45) is 0 Å². The Kier molecular flexibility index (Phi) is 4.92. The molecule has 1 amide bonds. The highest BCUT2D eigenvalue weighted by Gasteiger charge is 2.06. The highest BCUT2D eigenvalue weighted by atomic mass is 16.6. The number of ether oxygens (including phenoxy) is 1. The van der Waals surface area contributed by atoms with E-state index in [4.69, 9.17) is 4.74 Å². The van der Waals surface area contributed by atoms with Crippen molar-refractivity contribution in [1.82, 2.24) is 0 Å². The molecule has 0 spiro atoms. The Labute approximate surface area is 127 Å². The molecule has 2 rings (SSSR count). The summed E-state index contributed by atoms with van der Waals surface area (Å²) in [5.41, 5.74) is 1.24. The van der Waals surface area contributed by atoms with E-state index in [1.165, 1.54) is 24.3 Å². The van der Waals surface area contributed by atoms with Crippen LogP contribution < -0.4 is 15.4 Å². The van der Waals surface area contributed by atoms with Crippen LogP contribution in [0.15, 0.2) is 48.5 Å². The van der Waals surface area contributed by atoms with Crippen molar-refractivity contribution >= 4 is 23.0 Å². The van der Waals surface area contributed by atoms with Crippen molar-refractivity contribution in [2.75, 3.05) is 24.3 Å². The van der Waals surface area contributed by atoms with Crippen molar-refractivity contribution < 1.29 is 14.5 Å². The number of amides is 1. The molecule has 0 heterocycles. The molecule has 2 N–H and O–H groups in total. The van der Waals surface area contributed by atoms with Crippen LogP contribution in [0.4, 0.5) is 17.1 Å². The molecule has 0 unspecified atom stereocenters. The van der Waals surface area contributed by atoms with Gasteiger partial charge < -0.3 is 15.4 Å². The van der Waals surface area contributed by atoms with Crippen LogP contribution in [0.25, 0.3) is 0 Å². The Bertz CT molecular complexity index is 671. The van der Waals surface area contributed by atoms with E-state index in [1.54, 1.807) is 13.2 Å². The molecule has 2 aromatic carbocycles. The molecule has 114 valence electrons. The van der Waals surface area contributed by atoms with Gasteiger partial charge >= 0.3 is 0 Å². The molecule has 0 saturated heterocycles. The van der Waals surface area contributed by atoms with Gasteiger partial charge in [0.05, 0.1) is 18.6 Å². The standard InChI is InChI=1S/C15H15N3O4/c1-22-14-4-2-3-12(9-14)16-10-15(19)17-11-5-7-13(8-6-11)18(20)21/h2-9,16H,10H2,1H3,(H,17,19). The molecule has 0 aliphatic heterocycles. The van der Waals surface area contributed by atoms with Gasteiger partial charge in [0, 0.05) is 29.6 Å². The summed E-state index contributed by atoms with van der Waals surface area (Å²) in [7, 11) is 1.57. The molecule has 2 aromatic rings. The van der Waals surface area contributed by atoms with Gasteiger partial charge in [0.1, 0.15) is 5.75 Å². The molecule has 7 nitrogen and oxygen atoms in total. The third-order valence-corrected chi connectivity index (χ3v) is 2.88. The maximum Gasteiger partial charge on any atom is 0.269 e. The number of nitro benzene ring substituents is 1. The average Bonchev–Trinajstić information content (AvgIpc) is 2.53.